The van der Waals surface area contributed by atoms with Gasteiger partial charge >= 0.3 is 0 Å². The molecule has 0 spiro atoms. The van der Waals surface area contributed by atoms with E-state index in [0.29, 0.717) is 12.2 Å². The van der Waals surface area contributed by atoms with E-state index in [9.17, 15) is 4.79 Å². The summed E-state index contributed by atoms with van der Waals surface area (Å²) in [5.41, 5.74) is 2.48. The molecule has 0 unspecified atom stereocenters. The first-order valence-corrected chi connectivity index (χ1v) is 7.09. The summed E-state index contributed by atoms with van der Waals surface area (Å²) in [6.07, 6.45) is 9.78. The highest BCUT2D eigenvalue weighted by atomic mass is 16.1. The van der Waals surface area contributed by atoms with Gasteiger partial charge in [0.2, 0.25) is 0 Å². The predicted octanol–water partition coefficient (Wildman–Crippen LogP) is 2.24. The van der Waals surface area contributed by atoms with Crippen molar-refractivity contribution in [3.8, 4) is 5.69 Å². The average Bonchev–Trinajstić information content (AvgIpc) is 3.10. The highest BCUT2D eigenvalue weighted by molar-refractivity contribution is 5.92. The fraction of sp³-hybridized carbons (Fsp3) is 0.118. The van der Waals surface area contributed by atoms with Crippen molar-refractivity contribution in [1.29, 1.82) is 0 Å². The normalized spacial score (nSPS) is 10.4. The molecule has 0 aliphatic rings. The third-order valence-electron chi connectivity index (χ3n) is 3.33. The molecule has 3 heterocycles. The minimum Gasteiger partial charge on any atom is -0.350 e. The van der Waals surface area contributed by atoms with Gasteiger partial charge in [-0.3, -0.25) is 14.8 Å². The number of carbonyl (C=O) groups excluding carboxylic acids is 1. The number of carbonyl (C=O) groups is 1. The molecule has 0 fully saturated rings. The Morgan fingerprint density at radius 3 is 2.64 bits per heavy atom. The smallest absolute Gasteiger partial charge is 0.269 e. The van der Waals surface area contributed by atoms with E-state index in [1.165, 1.54) is 0 Å². The predicted molar refractivity (Wildman–Crippen MR) is 83.8 cm³/mol. The molecule has 0 aromatic carbocycles. The Balaban J connectivity index is 1.62. The molecule has 1 N–H and O–H groups in total. The van der Waals surface area contributed by atoms with Crippen LogP contribution in [0, 0.1) is 0 Å². The highest BCUT2D eigenvalue weighted by Crippen LogP contribution is 2.08. The van der Waals surface area contributed by atoms with Crippen molar-refractivity contribution in [1.82, 2.24) is 19.9 Å². The van der Waals surface area contributed by atoms with E-state index >= 15 is 0 Å². The molecule has 0 atom stereocenters. The van der Waals surface area contributed by atoms with Crippen molar-refractivity contribution >= 4 is 5.91 Å². The van der Waals surface area contributed by atoms with Gasteiger partial charge in [-0.05, 0) is 48.4 Å². The summed E-state index contributed by atoms with van der Waals surface area (Å²) >= 11 is 0. The highest BCUT2D eigenvalue weighted by Gasteiger charge is 2.08. The Labute approximate surface area is 128 Å². The van der Waals surface area contributed by atoms with Gasteiger partial charge in [0.25, 0.3) is 5.91 Å². The second kappa shape index (κ2) is 6.67. The lowest BCUT2D eigenvalue weighted by Gasteiger charge is -2.07. The van der Waals surface area contributed by atoms with Gasteiger partial charge in [-0.25, -0.2) is 0 Å². The molecule has 3 rings (SSSR count). The van der Waals surface area contributed by atoms with Gasteiger partial charge < -0.3 is 9.88 Å². The van der Waals surface area contributed by atoms with Crippen molar-refractivity contribution in [2.45, 2.75) is 6.42 Å². The van der Waals surface area contributed by atoms with E-state index in [0.717, 1.165) is 17.7 Å². The number of nitrogens with one attached hydrogen (secondary N) is 1. The van der Waals surface area contributed by atoms with Crippen LogP contribution in [0.5, 0.6) is 0 Å². The van der Waals surface area contributed by atoms with Gasteiger partial charge in [0.05, 0.1) is 0 Å². The average molecular weight is 292 g/mol. The van der Waals surface area contributed by atoms with Crippen LogP contribution in [0.1, 0.15) is 16.1 Å². The summed E-state index contributed by atoms with van der Waals surface area (Å²) in [6.45, 7) is 0.568. The molecule has 22 heavy (non-hydrogen) atoms. The molecule has 1 amide bonds. The molecular weight excluding hydrogens is 276 g/mol. The maximum Gasteiger partial charge on any atom is 0.269 e. The monoisotopic (exact) mass is 292 g/mol. The fourth-order valence-corrected chi connectivity index (χ4v) is 2.17. The Morgan fingerprint density at radius 2 is 1.86 bits per heavy atom. The first-order chi connectivity index (χ1) is 10.8. The van der Waals surface area contributed by atoms with Crippen molar-refractivity contribution < 1.29 is 4.79 Å². The summed E-state index contributed by atoms with van der Waals surface area (Å²) in [7, 11) is 0. The van der Waals surface area contributed by atoms with Crippen LogP contribution in [0.15, 0.2) is 67.4 Å². The van der Waals surface area contributed by atoms with Gasteiger partial charge in [-0.1, -0.05) is 0 Å². The number of hydrogen-bond donors (Lipinski definition) is 1. The third kappa shape index (κ3) is 3.38. The minimum absolute atomic E-state index is 0.164. The molecule has 0 bridgehead atoms. The van der Waals surface area contributed by atoms with E-state index in [4.69, 9.17) is 0 Å². The molecule has 5 nitrogen and oxygen atoms in total. The van der Waals surface area contributed by atoms with E-state index in [1.807, 2.05) is 47.3 Å². The van der Waals surface area contributed by atoms with Crippen LogP contribution in [0.3, 0.4) is 0 Å². The molecule has 0 aliphatic carbocycles. The SMILES string of the molecule is O=C(NCCc1ccncc1)c1cc(-n2cccc2)ccn1. The fourth-order valence-electron chi connectivity index (χ4n) is 2.17. The van der Waals surface area contributed by atoms with Crippen LogP contribution in [0.25, 0.3) is 5.69 Å². The van der Waals surface area contributed by atoms with Crippen LogP contribution in [0.4, 0.5) is 0 Å². The maximum absolute atomic E-state index is 12.2. The van der Waals surface area contributed by atoms with Crippen LogP contribution in [-0.4, -0.2) is 27.0 Å². The zero-order valence-electron chi connectivity index (χ0n) is 12.0. The molecule has 3 aromatic rings. The van der Waals surface area contributed by atoms with Crippen molar-refractivity contribution in [2.75, 3.05) is 6.54 Å². The molecule has 3 aromatic heterocycles. The minimum atomic E-state index is -0.164. The van der Waals surface area contributed by atoms with Gasteiger partial charge in [0, 0.05) is 43.2 Å². The van der Waals surface area contributed by atoms with Crippen LogP contribution in [0.2, 0.25) is 0 Å². The summed E-state index contributed by atoms with van der Waals surface area (Å²) in [6, 6.07) is 11.4. The quantitative estimate of drug-likeness (QED) is 0.784. The molecule has 0 radical (unpaired) electrons. The van der Waals surface area contributed by atoms with Gasteiger partial charge in [0.1, 0.15) is 5.69 Å². The lowest BCUT2D eigenvalue weighted by Crippen LogP contribution is -2.26. The number of hydrogen-bond acceptors (Lipinski definition) is 3. The summed E-state index contributed by atoms with van der Waals surface area (Å²) < 4.78 is 1.94. The molecule has 0 aliphatic heterocycles. The summed E-state index contributed by atoms with van der Waals surface area (Å²) in [4.78, 5) is 20.3. The largest absolute Gasteiger partial charge is 0.350 e. The molecular formula is C17H16N4O. The third-order valence-corrected chi connectivity index (χ3v) is 3.33. The Hall–Kier alpha value is -2.95. The van der Waals surface area contributed by atoms with E-state index < -0.39 is 0 Å². The first-order valence-electron chi connectivity index (χ1n) is 7.09. The van der Waals surface area contributed by atoms with Gasteiger partial charge in [-0.2, -0.15) is 0 Å². The van der Waals surface area contributed by atoms with Crippen LogP contribution in [-0.2, 0) is 6.42 Å². The van der Waals surface area contributed by atoms with Crippen molar-refractivity contribution in [2.24, 2.45) is 0 Å². The van der Waals surface area contributed by atoms with Gasteiger partial charge in [-0.15, -0.1) is 0 Å². The Bertz CT molecular complexity index is 738. The van der Waals surface area contributed by atoms with Crippen LogP contribution >= 0.6 is 0 Å². The topological polar surface area (TPSA) is 59.8 Å². The Morgan fingerprint density at radius 1 is 1.09 bits per heavy atom. The van der Waals surface area contributed by atoms with E-state index in [1.54, 1.807) is 24.7 Å². The van der Waals surface area contributed by atoms with Crippen LogP contribution < -0.4 is 5.32 Å². The van der Waals surface area contributed by atoms with Gasteiger partial charge in [0.15, 0.2) is 0 Å². The molecule has 0 saturated heterocycles. The van der Waals surface area contributed by atoms with E-state index in [2.05, 4.69) is 15.3 Å². The van der Waals surface area contributed by atoms with E-state index in [-0.39, 0.29) is 5.91 Å². The lowest BCUT2D eigenvalue weighted by molar-refractivity contribution is 0.0949. The lowest BCUT2D eigenvalue weighted by atomic mass is 10.2. The number of pyridine rings is 2. The first kappa shape index (κ1) is 14.0. The molecule has 0 saturated carbocycles. The number of amides is 1. The second-order valence-electron chi connectivity index (χ2n) is 4.85. The maximum atomic E-state index is 12.2. The van der Waals surface area contributed by atoms with Crippen molar-refractivity contribution in [3.63, 3.8) is 0 Å². The number of rotatable bonds is 5. The van der Waals surface area contributed by atoms with Crippen molar-refractivity contribution in [3.05, 3.63) is 78.6 Å². The molecule has 110 valence electrons. The summed E-state index contributed by atoms with van der Waals surface area (Å²) in [5.74, 6) is -0.164. The number of nitrogens with zero attached hydrogens (tertiary/aromatic N) is 3. The molecule has 5 heteroatoms. The number of aromatic nitrogens is 3. The second-order valence-corrected chi connectivity index (χ2v) is 4.85. The zero-order chi connectivity index (χ0) is 15.2. The standard InChI is InChI=1S/C17H16N4O/c22-17(20-9-5-14-3-7-18-8-4-14)16-13-15(6-10-19-16)21-11-1-2-12-21/h1-4,6-8,10-13H,5,9H2,(H,20,22). The summed E-state index contributed by atoms with van der Waals surface area (Å²) in [5, 5.41) is 2.89. The zero-order valence-corrected chi connectivity index (χ0v) is 12.0. The Kier molecular flexibility index (Phi) is 4.25.